The van der Waals surface area contributed by atoms with Crippen molar-refractivity contribution in [2.45, 2.75) is 84.0 Å². The van der Waals surface area contributed by atoms with Crippen LogP contribution in [0.2, 0.25) is 0 Å². The van der Waals surface area contributed by atoms with E-state index in [2.05, 4.69) is 22.8 Å². The molecule has 0 heterocycles. The van der Waals surface area contributed by atoms with Crippen LogP contribution in [0.15, 0.2) is 29.4 Å². The van der Waals surface area contributed by atoms with Crippen LogP contribution in [0.25, 0.3) is 0 Å². The second kappa shape index (κ2) is 16.6. The molecular weight excluding hydrogens is 366 g/mol. The Morgan fingerprint density at radius 3 is 2.10 bits per heavy atom. The number of hydrogen-bond acceptors (Lipinski definition) is 4. The first-order valence-electron chi connectivity index (χ1n) is 11.0. The summed E-state index contributed by atoms with van der Waals surface area (Å²) in [6.07, 6.45) is 15.5. The van der Waals surface area contributed by atoms with Gasteiger partial charge in [0, 0.05) is 12.0 Å². The van der Waals surface area contributed by atoms with E-state index in [0.29, 0.717) is 12.0 Å². The molecular formula is C23H37N3O3. The number of para-hydroxylation sites is 1. The number of phenolic OH excluding ortho intramolecular Hbond substituents is 1. The van der Waals surface area contributed by atoms with Crippen LogP contribution in [-0.4, -0.2) is 29.7 Å². The standard InChI is InChI=1S/C23H37N3O3/c1-2-3-4-5-6-7-8-9-10-11-12-17-22(28)24-19-23(29)26-25-18-20-15-13-14-16-21(20)27/h13-16,18,27H,2-12,17,19H2,1H3,(H,24,28)(H,26,29)/b25-18-. The SMILES string of the molecule is CCCCCCCCCCCCCC(=O)NCC(=O)N/N=C\c1ccccc1O. The van der Waals surface area contributed by atoms with Crippen LogP contribution < -0.4 is 10.7 Å². The number of nitrogens with one attached hydrogen (secondary N) is 2. The zero-order valence-corrected chi connectivity index (χ0v) is 17.8. The molecule has 6 heteroatoms. The Bertz CT molecular complexity index is 617. The first-order valence-corrected chi connectivity index (χ1v) is 11.0. The Balaban J connectivity index is 1.97. The molecule has 0 atom stereocenters. The molecule has 0 saturated carbocycles. The van der Waals surface area contributed by atoms with Crippen molar-refractivity contribution in [1.29, 1.82) is 0 Å². The maximum atomic E-state index is 11.8. The second-order valence-corrected chi connectivity index (χ2v) is 7.41. The lowest BCUT2D eigenvalue weighted by molar-refractivity contribution is -0.126. The van der Waals surface area contributed by atoms with E-state index in [0.717, 1.165) is 12.8 Å². The number of hydrogen-bond donors (Lipinski definition) is 3. The fraction of sp³-hybridized carbons (Fsp3) is 0.609. The number of phenols is 1. The van der Waals surface area contributed by atoms with Crippen LogP contribution in [0.1, 0.15) is 89.5 Å². The van der Waals surface area contributed by atoms with Crippen molar-refractivity contribution in [2.75, 3.05) is 6.54 Å². The molecule has 3 N–H and O–H groups in total. The third kappa shape index (κ3) is 13.4. The quantitative estimate of drug-likeness (QED) is 0.213. The lowest BCUT2D eigenvalue weighted by Crippen LogP contribution is -2.34. The Morgan fingerprint density at radius 2 is 1.48 bits per heavy atom. The minimum Gasteiger partial charge on any atom is -0.507 e. The maximum Gasteiger partial charge on any atom is 0.259 e. The Hall–Kier alpha value is -2.37. The molecule has 0 radical (unpaired) electrons. The third-order valence-electron chi connectivity index (χ3n) is 4.78. The van der Waals surface area contributed by atoms with Crippen LogP contribution >= 0.6 is 0 Å². The van der Waals surface area contributed by atoms with Crippen molar-refractivity contribution in [1.82, 2.24) is 10.7 Å². The lowest BCUT2D eigenvalue weighted by atomic mass is 10.1. The predicted octanol–water partition coefficient (Wildman–Crippen LogP) is 4.66. The monoisotopic (exact) mass is 403 g/mol. The van der Waals surface area contributed by atoms with Crippen molar-refractivity contribution < 1.29 is 14.7 Å². The molecule has 0 unspecified atom stereocenters. The van der Waals surface area contributed by atoms with E-state index in [-0.39, 0.29) is 18.2 Å². The minimum absolute atomic E-state index is 0.0887. The van der Waals surface area contributed by atoms with Crippen molar-refractivity contribution in [3.8, 4) is 5.75 Å². The number of carbonyl (C=O) groups is 2. The molecule has 1 aromatic rings. The second-order valence-electron chi connectivity index (χ2n) is 7.41. The van der Waals surface area contributed by atoms with E-state index < -0.39 is 5.91 Å². The molecule has 0 saturated heterocycles. The van der Waals surface area contributed by atoms with Crippen molar-refractivity contribution in [3.63, 3.8) is 0 Å². The number of carbonyl (C=O) groups excluding carboxylic acids is 2. The largest absolute Gasteiger partial charge is 0.507 e. The van der Waals surface area contributed by atoms with Gasteiger partial charge in [-0.15, -0.1) is 0 Å². The zero-order chi connectivity index (χ0) is 21.2. The number of amides is 2. The van der Waals surface area contributed by atoms with E-state index in [4.69, 9.17) is 0 Å². The molecule has 0 spiro atoms. The smallest absolute Gasteiger partial charge is 0.259 e. The van der Waals surface area contributed by atoms with Gasteiger partial charge in [-0.1, -0.05) is 83.3 Å². The van der Waals surface area contributed by atoms with Crippen LogP contribution in [0.3, 0.4) is 0 Å². The summed E-state index contributed by atoms with van der Waals surface area (Å²) in [5, 5.41) is 16.0. The highest BCUT2D eigenvalue weighted by Gasteiger charge is 2.05. The first-order chi connectivity index (χ1) is 14.1. The molecule has 0 aliphatic carbocycles. The van der Waals surface area contributed by atoms with Gasteiger partial charge in [0.25, 0.3) is 5.91 Å². The Morgan fingerprint density at radius 1 is 0.897 bits per heavy atom. The maximum absolute atomic E-state index is 11.8. The highest BCUT2D eigenvalue weighted by molar-refractivity contribution is 5.87. The summed E-state index contributed by atoms with van der Waals surface area (Å²) in [7, 11) is 0. The van der Waals surface area contributed by atoms with Crippen molar-refractivity contribution >= 4 is 18.0 Å². The number of nitrogens with zero attached hydrogens (tertiary/aromatic N) is 1. The number of rotatable bonds is 16. The van der Waals surface area contributed by atoms with Gasteiger partial charge in [0.15, 0.2) is 0 Å². The van der Waals surface area contributed by atoms with E-state index in [1.54, 1.807) is 18.2 Å². The van der Waals surface area contributed by atoms with Crippen molar-refractivity contribution in [2.24, 2.45) is 5.10 Å². The van der Waals surface area contributed by atoms with E-state index in [9.17, 15) is 14.7 Å². The molecule has 6 nitrogen and oxygen atoms in total. The van der Waals surface area contributed by atoms with Crippen LogP contribution in [0, 0.1) is 0 Å². The van der Waals surface area contributed by atoms with Crippen LogP contribution in [0.4, 0.5) is 0 Å². The molecule has 0 aliphatic rings. The van der Waals surface area contributed by atoms with Gasteiger partial charge in [0.2, 0.25) is 5.91 Å². The van der Waals surface area contributed by atoms with E-state index in [1.165, 1.54) is 70.1 Å². The number of aromatic hydroxyl groups is 1. The van der Waals surface area contributed by atoms with Gasteiger partial charge < -0.3 is 10.4 Å². The van der Waals surface area contributed by atoms with Gasteiger partial charge >= 0.3 is 0 Å². The third-order valence-corrected chi connectivity index (χ3v) is 4.78. The highest BCUT2D eigenvalue weighted by Crippen LogP contribution is 2.13. The number of unbranched alkanes of at least 4 members (excludes halogenated alkanes) is 10. The van der Waals surface area contributed by atoms with Crippen molar-refractivity contribution in [3.05, 3.63) is 29.8 Å². The van der Waals surface area contributed by atoms with Crippen LogP contribution in [0.5, 0.6) is 5.75 Å². The number of benzene rings is 1. The molecule has 0 fully saturated rings. The van der Waals surface area contributed by atoms with Gasteiger partial charge in [-0.3, -0.25) is 9.59 Å². The van der Waals surface area contributed by atoms with Gasteiger partial charge in [-0.2, -0.15) is 5.10 Å². The fourth-order valence-corrected chi connectivity index (χ4v) is 3.03. The molecule has 162 valence electrons. The van der Waals surface area contributed by atoms with E-state index in [1.807, 2.05) is 0 Å². The predicted molar refractivity (Wildman–Crippen MR) is 118 cm³/mol. The normalized spacial score (nSPS) is 10.9. The summed E-state index contributed by atoms with van der Waals surface area (Å²) < 4.78 is 0. The fourth-order valence-electron chi connectivity index (χ4n) is 3.03. The lowest BCUT2D eigenvalue weighted by Gasteiger charge is -2.05. The Kier molecular flexibility index (Phi) is 14.1. The molecule has 29 heavy (non-hydrogen) atoms. The first kappa shape index (κ1) is 24.7. The Labute approximate surface area is 175 Å². The highest BCUT2D eigenvalue weighted by atomic mass is 16.3. The van der Waals surface area contributed by atoms with Crippen LogP contribution in [-0.2, 0) is 9.59 Å². The summed E-state index contributed by atoms with van der Waals surface area (Å²) in [4.78, 5) is 23.5. The zero-order valence-electron chi connectivity index (χ0n) is 17.8. The summed E-state index contributed by atoms with van der Waals surface area (Å²) in [5.41, 5.74) is 2.84. The minimum atomic E-state index is -0.399. The summed E-state index contributed by atoms with van der Waals surface area (Å²) in [6, 6.07) is 6.69. The molecule has 0 bridgehead atoms. The van der Waals surface area contributed by atoms with Gasteiger partial charge in [0.05, 0.1) is 12.8 Å². The molecule has 0 aliphatic heterocycles. The molecule has 1 rings (SSSR count). The summed E-state index contributed by atoms with van der Waals surface area (Å²) in [6.45, 7) is 2.14. The van der Waals surface area contributed by atoms with Gasteiger partial charge in [-0.05, 0) is 18.6 Å². The average molecular weight is 404 g/mol. The average Bonchev–Trinajstić information content (AvgIpc) is 2.72. The van der Waals surface area contributed by atoms with Gasteiger partial charge in [0.1, 0.15) is 5.75 Å². The van der Waals surface area contributed by atoms with Gasteiger partial charge in [-0.25, -0.2) is 5.43 Å². The molecule has 1 aromatic carbocycles. The summed E-state index contributed by atoms with van der Waals surface area (Å²) in [5.74, 6) is -0.421. The van der Waals surface area contributed by atoms with E-state index >= 15 is 0 Å². The molecule has 0 aromatic heterocycles. The number of hydrazone groups is 1. The summed E-state index contributed by atoms with van der Waals surface area (Å²) >= 11 is 0. The molecule has 2 amide bonds. The topological polar surface area (TPSA) is 90.8 Å².